The number of hydrogen-bond acceptors (Lipinski definition) is 6. The van der Waals surface area contributed by atoms with E-state index >= 15 is 0 Å². The van der Waals surface area contributed by atoms with E-state index in [0.29, 0.717) is 5.82 Å². The average Bonchev–Trinajstić information content (AvgIpc) is 3.16. The van der Waals surface area contributed by atoms with Crippen LogP contribution in [0.25, 0.3) is 11.4 Å². The van der Waals surface area contributed by atoms with Crippen molar-refractivity contribution >= 4 is 17.4 Å². The second-order valence-corrected chi connectivity index (χ2v) is 6.06. The van der Waals surface area contributed by atoms with Crippen LogP contribution >= 0.6 is 11.8 Å². The lowest BCUT2D eigenvalue weighted by molar-refractivity contribution is -0.384. The maximum Gasteiger partial charge on any atom is 0.269 e. The molecule has 0 bridgehead atoms. The molecule has 23 heavy (non-hydrogen) atoms. The number of benzene rings is 2. The van der Waals surface area contributed by atoms with Gasteiger partial charge >= 0.3 is 0 Å². The smallest absolute Gasteiger partial charge is 0.269 e. The van der Waals surface area contributed by atoms with E-state index in [2.05, 4.69) is 27.8 Å². The highest BCUT2D eigenvalue weighted by Crippen LogP contribution is 2.40. The van der Waals surface area contributed by atoms with Gasteiger partial charge in [0.2, 0.25) is 5.16 Å². The molecule has 0 saturated carbocycles. The van der Waals surface area contributed by atoms with Crippen molar-refractivity contribution in [2.45, 2.75) is 10.5 Å². The number of nitrogens with zero attached hydrogens (tertiary/aromatic N) is 4. The van der Waals surface area contributed by atoms with Gasteiger partial charge in [0.15, 0.2) is 5.82 Å². The van der Waals surface area contributed by atoms with Crippen LogP contribution in [0.15, 0.2) is 59.8 Å². The quantitative estimate of drug-likeness (QED) is 0.588. The van der Waals surface area contributed by atoms with Crippen molar-refractivity contribution < 1.29 is 4.92 Å². The van der Waals surface area contributed by atoms with Crippen LogP contribution in [0.5, 0.6) is 0 Å². The molecule has 1 N–H and O–H groups in total. The highest BCUT2D eigenvalue weighted by molar-refractivity contribution is 7.99. The molecule has 7 nitrogen and oxygen atoms in total. The molecule has 0 saturated heterocycles. The van der Waals surface area contributed by atoms with Gasteiger partial charge in [-0.3, -0.25) is 10.1 Å². The molecular weight excluding hydrogens is 314 g/mol. The van der Waals surface area contributed by atoms with Crippen molar-refractivity contribution in [3.05, 3.63) is 70.3 Å². The summed E-state index contributed by atoms with van der Waals surface area (Å²) >= 11 is 1.58. The summed E-state index contributed by atoms with van der Waals surface area (Å²) in [5, 5.41) is 19.9. The minimum absolute atomic E-state index is 0.0550. The standard InChI is InChI=1S/C15H11N5O2S/c21-20(22)12-8-6-10(7-9-12)13-16-17-15-19(13)18-14(23-15)11-4-2-1-3-5-11/h1-9,14,18H/t14-/m0/s1. The van der Waals surface area contributed by atoms with Crippen LogP contribution in [0.1, 0.15) is 10.9 Å². The van der Waals surface area contributed by atoms with Gasteiger partial charge in [-0.15, -0.1) is 10.2 Å². The maximum atomic E-state index is 10.7. The maximum absolute atomic E-state index is 10.7. The Hall–Kier alpha value is -2.87. The van der Waals surface area contributed by atoms with Crippen molar-refractivity contribution in [2.24, 2.45) is 0 Å². The third-order valence-corrected chi connectivity index (χ3v) is 4.63. The molecule has 0 aliphatic carbocycles. The molecule has 0 fully saturated rings. The lowest BCUT2D eigenvalue weighted by Gasteiger charge is -2.11. The highest BCUT2D eigenvalue weighted by Gasteiger charge is 2.28. The fraction of sp³-hybridized carbons (Fsp3) is 0.0667. The number of nitro benzene ring substituents is 1. The van der Waals surface area contributed by atoms with Crippen molar-refractivity contribution in [1.29, 1.82) is 0 Å². The molecule has 114 valence electrons. The predicted octanol–water partition coefficient (Wildman–Crippen LogP) is 3.20. The normalized spacial score (nSPS) is 15.9. The molecule has 0 amide bonds. The second kappa shape index (κ2) is 5.40. The minimum Gasteiger partial charge on any atom is -0.304 e. The number of aromatic nitrogens is 3. The number of hydrogen-bond donors (Lipinski definition) is 1. The number of fused-ring (bicyclic) bond motifs is 1. The summed E-state index contributed by atoms with van der Waals surface area (Å²) < 4.78 is 1.82. The molecule has 2 aromatic carbocycles. The van der Waals surface area contributed by atoms with Crippen molar-refractivity contribution in [1.82, 2.24) is 14.9 Å². The Morgan fingerprint density at radius 3 is 2.52 bits per heavy atom. The predicted molar refractivity (Wildman–Crippen MR) is 86.5 cm³/mol. The van der Waals surface area contributed by atoms with E-state index in [-0.39, 0.29) is 11.1 Å². The van der Waals surface area contributed by atoms with Crippen LogP contribution in [0, 0.1) is 10.1 Å². The van der Waals surface area contributed by atoms with E-state index in [0.717, 1.165) is 16.3 Å². The Bertz CT molecular complexity index is 863. The van der Waals surface area contributed by atoms with Crippen molar-refractivity contribution in [2.75, 3.05) is 5.43 Å². The van der Waals surface area contributed by atoms with Crippen molar-refractivity contribution in [3.8, 4) is 11.4 Å². The molecule has 1 aliphatic rings. The summed E-state index contributed by atoms with van der Waals surface area (Å²) in [5.74, 6) is 0.640. The summed E-state index contributed by atoms with van der Waals surface area (Å²) in [6.07, 6.45) is 0. The van der Waals surface area contributed by atoms with Crippen LogP contribution in [-0.4, -0.2) is 19.8 Å². The first kappa shape index (κ1) is 13.8. The van der Waals surface area contributed by atoms with Crippen LogP contribution in [0.3, 0.4) is 0 Å². The monoisotopic (exact) mass is 325 g/mol. The number of nitro groups is 1. The Balaban J connectivity index is 1.64. The summed E-state index contributed by atoms with van der Waals surface area (Å²) in [4.78, 5) is 10.3. The number of nitrogens with one attached hydrogen (secondary N) is 1. The van der Waals surface area contributed by atoms with Gasteiger partial charge in [0.05, 0.1) is 4.92 Å². The van der Waals surface area contributed by atoms with E-state index in [1.165, 1.54) is 12.1 Å². The number of rotatable bonds is 3. The van der Waals surface area contributed by atoms with Crippen LogP contribution in [-0.2, 0) is 0 Å². The van der Waals surface area contributed by atoms with Crippen LogP contribution < -0.4 is 5.43 Å². The Kier molecular flexibility index (Phi) is 3.23. The van der Waals surface area contributed by atoms with Gasteiger partial charge in [0.25, 0.3) is 5.69 Å². The fourth-order valence-electron chi connectivity index (χ4n) is 2.40. The van der Waals surface area contributed by atoms with Gasteiger partial charge < -0.3 is 5.43 Å². The van der Waals surface area contributed by atoms with E-state index in [4.69, 9.17) is 0 Å². The molecule has 1 atom stereocenters. The van der Waals surface area contributed by atoms with Gasteiger partial charge in [-0.2, -0.15) is 0 Å². The van der Waals surface area contributed by atoms with Crippen LogP contribution in [0.2, 0.25) is 0 Å². The summed E-state index contributed by atoms with van der Waals surface area (Å²) in [6.45, 7) is 0. The minimum atomic E-state index is -0.419. The first-order valence-corrected chi connectivity index (χ1v) is 7.79. The molecule has 2 heterocycles. The largest absolute Gasteiger partial charge is 0.304 e. The Labute approximate surface area is 135 Å². The molecule has 1 aliphatic heterocycles. The summed E-state index contributed by atoms with van der Waals surface area (Å²) in [7, 11) is 0. The summed E-state index contributed by atoms with van der Waals surface area (Å²) in [6, 6.07) is 16.4. The lowest BCUT2D eigenvalue weighted by Crippen LogP contribution is -2.13. The number of thioether (sulfide) groups is 1. The first-order chi connectivity index (χ1) is 11.2. The van der Waals surface area contributed by atoms with Gasteiger partial charge in [-0.1, -0.05) is 42.1 Å². The molecule has 0 spiro atoms. The molecule has 0 radical (unpaired) electrons. The third kappa shape index (κ3) is 2.42. The van der Waals surface area contributed by atoms with Gasteiger partial charge in [-0.05, 0) is 17.7 Å². The highest BCUT2D eigenvalue weighted by atomic mass is 32.2. The van der Waals surface area contributed by atoms with E-state index < -0.39 is 4.92 Å². The molecule has 3 aromatic rings. The molecule has 1 aromatic heterocycles. The fourth-order valence-corrected chi connectivity index (χ4v) is 3.40. The molecule has 4 rings (SSSR count). The zero-order chi connectivity index (χ0) is 15.8. The molecule has 8 heteroatoms. The Morgan fingerprint density at radius 1 is 1.09 bits per heavy atom. The van der Waals surface area contributed by atoms with E-state index in [9.17, 15) is 10.1 Å². The van der Waals surface area contributed by atoms with E-state index in [1.807, 2.05) is 22.9 Å². The SMILES string of the molecule is O=[N+]([O-])c1ccc(-c2nnc3n2N[C@H](c2ccccc2)S3)cc1. The van der Waals surface area contributed by atoms with Gasteiger partial charge in [0, 0.05) is 17.7 Å². The topological polar surface area (TPSA) is 85.9 Å². The average molecular weight is 325 g/mol. The molecular formula is C15H11N5O2S. The van der Waals surface area contributed by atoms with Crippen LogP contribution in [0.4, 0.5) is 5.69 Å². The second-order valence-electron chi connectivity index (χ2n) is 4.98. The Morgan fingerprint density at radius 2 is 1.83 bits per heavy atom. The molecule has 0 unspecified atom stereocenters. The zero-order valence-electron chi connectivity index (χ0n) is 11.8. The lowest BCUT2D eigenvalue weighted by atomic mass is 10.2. The third-order valence-electron chi connectivity index (χ3n) is 3.54. The zero-order valence-corrected chi connectivity index (χ0v) is 12.6. The van der Waals surface area contributed by atoms with E-state index in [1.54, 1.807) is 23.9 Å². The van der Waals surface area contributed by atoms with Crippen molar-refractivity contribution in [3.63, 3.8) is 0 Å². The number of non-ortho nitro benzene ring substituents is 1. The summed E-state index contributed by atoms with van der Waals surface area (Å²) in [5.41, 5.74) is 5.34. The van der Waals surface area contributed by atoms with Gasteiger partial charge in [-0.25, -0.2) is 4.68 Å². The van der Waals surface area contributed by atoms with Gasteiger partial charge in [0.1, 0.15) is 5.37 Å². The first-order valence-electron chi connectivity index (χ1n) is 6.91.